The molecule has 2 fully saturated rings. The number of hydrogen-bond acceptors (Lipinski definition) is 3. The normalized spacial score (nSPS) is 21.6. The molecule has 0 heterocycles. The highest BCUT2D eigenvalue weighted by atomic mass is 16.6. The fraction of sp³-hybridized carbons (Fsp3) is 0.857. The maximum Gasteiger partial charge on any atom is 0.306 e. The van der Waals surface area contributed by atoms with E-state index in [1.807, 2.05) is 6.92 Å². The molecule has 102 valence electrons. The van der Waals surface area contributed by atoms with Gasteiger partial charge in [-0.05, 0) is 51.9 Å². The molecular formula is C14H23NO3. The zero-order valence-electron chi connectivity index (χ0n) is 11.2. The molecule has 0 aromatic heterocycles. The largest absolute Gasteiger partial charge is 0.459 e. The van der Waals surface area contributed by atoms with Crippen LogP contribution in [0.1, 0.15) is 58.3 Å². The van der Waals surface area contributed by atoms with Gasteiger partial charge in [0.1, 0.15) is 5.60 Å². The van der Waals surface area contributed by atoms with Crippen molar-refractivity contribution in [3.8, 4) is 0 Å². The van der Waals surface area contributed by atoms with E-state index in [4.69, 9.17) is 4.74 Å². The molecule has 0 aromatic rings. The summed E-state index contributed by atoms with van der Waals surface area (Å²) in [6.45, 7) is 2.61. The Kier molecular flexibility index (Phi) is 4.25. The van der Waals surface area contributed by atoms with Crippen molar-refractivity contribution in [2.75, 3.05) is 6.54 Å². The monoisotopic (exact) mass is 253 g/mol. The van der Waals surface area contributed by atoms with Gasteiger partial charge in [-0.1, -0.05) is 0 Å². The Balaban J connectivity index is 1.55. The lowest BCUT2D eigenvalue weighted by Gasteiger charge is -2.24. The van der Waals surface area contributed by atoms with E-state index in [0.717, 1.165) is 38.5 Å². The second-order valence-corrected chi connectivity index (χ2v) is 5.80. The number of ether oxygens (including phenoxy) is 1. The topological polar surface area (TPSA) is 55.4 Å². The molecule has 1 N–H and O–H groups in total. The lowest BCUT2D eigenvalue weighted by atomic mass is 10.1. The summed E-state index contributed by atoms with van der Waals surface area (Å²) < 4.78 is 5.51. The van der Waals surface area contributed by atoms with Crippen LogP contribution in [0.2, 0.25) is 0 Å². The Morgan fingerprint density at radius 1 is 1.28 bits per heavy atom. The molecule has 2 aliphatic carbocycles. The van der Waals surface area contributed by atoms with Crippen LogP contribution in [0.15, 0.2) is 0 Å². The number of nitrogens with one attached hydrogen (secondary N) is 1. The smallest absolute Gasteiger partial charge is 0.306 e. The Morgan fingerprint density at radius 3 is 2.56 bits per heavy atom. The number of carbonyl (C=O) groups excluding carboxylic acids is 2. The molecular weight excluding hydrogens is 230 g/mol. The van der Waals surface area contributed by atoms with E-state index in [1.165, 1.54) is 0 Å². The quantitative estimate of drug-likeness (QED) is 0.583. The van der Waals surface area contributed by atoms with Gasteiger partial charge >= 0.3 is 5.97 Å². The van der Waals surface area contributed by atoms with Crippen molar-refractivity contribution in [1.82, 2.24) is 5.32 Å². The summed E-state index contributed by atoms with van der Waals surface area (Å²) in [6, 6.07) is 0. The molecule has 0 aliphatic heterocycles. The highest BCUT2D eigenvalue weighted by Gasteiger charge is 2.32. The summed E-state index contributed by atoms with van der Waals surface area (Å²) in [5.41, 5.74) is -0.228. The molecule has 4 heteroatoms. The zero-order valence-corrected chi connectivity index (χ0v) is 11.2. The Labute approximate surface area is 108 Å². The van der Waals surface area contributed by atoms with E-state index in [-0.39, 0.29) is 23.4 Å². The van der Waals surface area contributed by atoms with Crippen LogP contribution in [0.3, 0.4) is 0 Å². The van der Waals surface area contributed by atoms with Crippen molar-refractivity contribution in [3.63, 3.8) is 0 Å². The summed E-state index contributed by atoms with van der Waals surface area (Å²) in [6.07, 6.45) is 7.39. The van der Waals surface area contributed by atoms with Crippen molar-refractivity contribution in [2.24, 2.45) is 5.92 Å². The molecule has 2 saturated carbocycles. The first-order chi connectivity index (χ1) is 8.59. The number of amides is 1. The van der Waals surface area contributed by atoms with Crippen LogP contribution >= 0.6 is 0 Å². The average molecular weight is 253 g/mol. The van der Waals surface area contributed by atoms with Gasteiger partial charge < -0.3 is 10.1 Å². The van der Waals surface area contributed by atoms with Crippen LogP contribution in [-0.2, 0) is 14.3 Å². The summed E-state index contributed by atoms with van der Waals surface area (Å²) >= 11 is 0. The molecule has 0 bridgehead atoms. The van der Waals surface area contributed by atoms with E-state index >= 15 is 0 Å². The molecule has 0 aromatic carbocycles. The van der Waals surface area contributed by atoms with Crippen molar-refractivity contribution >= 4 is 11.9 Å². The van der Waals surface area contributed by atoms with Gasteiger partial charge in [-0.25, -0.2) is 0 Å². The lowest BCUT2D eigenvalue weighted by Crippen LogP contribution is -2.29. The number of carbonyl (C=O) groups is 2. The molecule has 4 nitrogen and oxygen atoms in total. The molecule has 1 amide bonds. The van der Waals surface area contributed by atoms with Crippen molar-refractivity contribution in [1.29, 1.82) is 0 Å². The second-order valence-electron chi connectivity index (χ2n) is 5.80. The lowest BCUT2D eigenvalue weighted by molar-refractivity contribution is -0.157. The van der Waals surface area contributed by atoms with Gasteiger partial charge in [0.2, 0.25) is 5.91 Å². The van der Waals surface area contributed by atoms with Gasteiger partial charge in [-0.2, -0.15) is 0 Å². The third-order valence-electron chi connectivity index (χ3n) is 3.83. The van der Waals surface area contributed by atoms with E-state index in [0.29, 0.717) is 19.4 Å². The fourth-order valence-corrected chi connectivity index (χ4v) is 2.48. The number of esters is 1. The predicted molar refractivity (Wildman–Crippen MR) is 67.9 cm³/mol. The van der Waals surface area contributed by atoms with E-state index < -0.39 is 0 Å². The Morgan fingerprint density at radius 2 is 1.94 bits per heavy atom. The zero-order chi connectivity index (χ0) is 13.0. The molecule has 2 rings (SSSR count). The molecule has 18 heavy (non-hydrogen) atoms. The Bertz CT molecular complexity index is 317. The van der Waals surface area contributed by atoms with Crippen molar-refractivity contribution in [2.45, 2.75) is 63.9 Å². The summed E-state index contributed by atoms with van der Waals surface area (Å²) in [5.74, 6) is 0.264. The Hall–Kier alpha value is -1.06. The van der Waals surface area contributed by atoms with Crippen LogP contribution in [-0.4, -0.2) is 24.0 Å². The first kappa shape index (κ1) is 13.4. The van der Waals surface area contributed by atoms with Crippen molar-refractivity contribution < 1.29 is 14.3 Å². The van der Waals surface area contributed by atoms with Gasteiger partial charge in [0.05, 0.1) is 0 Å². The highest BCUT2D eigenvalue weighted by Crippen LogP contribution is 2.33. The minimum absolute atomic E-state index is 0.125. The minimum atomic E-state index is -0.228. The van der Waals surface area contributed by atoms with Gasteiger partial charge in [0.15, 0.2) is 0 Å². The molecule has 0 saturated heterocycles. The summed E-state index contributed by atoms with van der Waals surface area (Å²) in [5, 5.41) is 2.86. The summed E-state index contributed by atoms with van der Waals surface area (Å²) in [4.78, 5) is 23.0. The maximum atomic E-state index is 11.7. The fourth-order valence-electron chi connectivity index (χ4n) is 2.48. The standard InChI is InChI=1S/C14H23NO3/c1-14(8-2-3-9-14)18-12(16)5-4-10-15-13(17)11-6-7-11/h11H,2-10H2,1H3,(H,15,17). The van der Waals surface area contributed by atoms with Crippen LogP contribution in [0.5, 0.6) is 0 Å². The highest BCUT2D eigenvalue weighted by molar-refractivity contribution is 5.80. The number of hydrogen-bond donors (Lipinski definition) is 1. The first-order valence-corrected chi connectivity index (χ1v) is 7.09. The third-order valence-corrected chi connectivity index (χ3v) is 3.83. The number of rotatable bonds is 6. The molecule has 0 radical (unpaired) electrons. The SMILES string of the molecule is CC1(OC(=O)CCCNC(=O)C2CC2)CCCC1. The van der Waals surface area contributed by atoms with E-state index in [9.17, 15) is 9.59 Å². The second kappa shape index (κ2) is 5.72. The minimum Gasteiger partial charge on any atom is -0.459 e. The van der Waals surface area contributed by atoms with Crippen LogP contribution in [0.4, 0.5) is 0 Å². The predicted octanol–water partition coefficient (Wildman–Crippen LogP) is 2.17. The van der Waals surface area contributed by atoms with Crippen LogP contribution in [0.25, 0.3) is 0 Å². The molecule has 0 spiro atoms. The molecule has 0 atom stereocenters. The van der Waals surface area contributed by atoms with E-state index in [2.05, 4.69) is 5.32 Å². The first-order valence-electron chi connectivity index (χ1n) is 7.09. The van der Waals surface area contributed by atoms with Crippen LogP contribution < -0.4 is 5.32 Å². The van der Waals surface area contributed by atoms with Gasteiger partial charge in [0.25, 0.3) is 0 Å². The van der Waals surface area contributed by atoms with Crippen LogP contribution in [0, 0.1) is 5.92 Å². The third kappa shape index (κ3) is 4.00. The van der Waals surface area contributed by atoms with Gasteiger partial charge in [0, 0.05) is 18.9 Å². The van der Waals surface area contributed by atoms with Crippen molar-refractivity contribution in [3.05, 3.63) is 0 Å². The van der Waals surface area contributed by atoms with Gasteiger partial charge in [-0.15, -0.1) is 0 Å². The summed E-state index contributed by atoms with van der Waals surface area (Å²) in [7, 11) is 0. The van der Waals surface area contributed by atoms with Gasteiger partial charge in [-0.3, -0.25) is 9.59 Å². The molecule has 2 aliphatic rings. The average Bonchev–Trinajstić information content (AvgIpc) is 3.08. The maximum absolute atomic E-state index is 11.7. The van der Waals surface area contributed by atoms with E-state index in [1.54, 1.807) is 0 Å². The molecule has 0 unspecified atom stereocenters.